The second-order valence-electron chi connectivity index (χ2n) is 5.70. The summed E-state index contributed by atoms with van der Waals surface area (Å²) in [4.78, 5) is 34.9. The van der Waals surface area contributed by atoms with Gasteiger partial charge in [-0.1, -0.05) is 11.6 Å². The molecule has 0 spiro atoms. The fourth-order valence-corrected chi connectivity index (χ4v) is 2.65. The van der Waals surface area contributed by atoms with Crippen molar-refractivity contribution >= 4 is 50.7 Å². The Morgan fingerprint density at radius 3 is 2.35 bits per heavy atom. The third-order valence-corrected chi connectivity index (χ3v) is 4.30. The number of halogens is 2. The Balaban J connectivity index is 2.27. The van der Waals surface area contributed by atoms with Crippen molar-refractivity contribution in [3.63, 3.8) is 0 Å². The van der Waals surface area contributed by atoms with Crippen LogP contribution in [-0.4, -0.2) is 22.8 Å². The molecule has 0 radical (unpaired) electrons. The van der Waals surface area contributed by atoms with Crippen LogP contribution < -0.4 is 10.6 Å². The molecule has 7 nitrogen and oxygen atoms in total. The van der Waals surface area contributed by atoms with E-state index in [-0.39, 0.29) is 38.4 Å². The van der Waals surface area contributed by atoms with Gasteiger partial charge in [0.1, 0.15) is 0 Å². The fraction of sp³-hybridized carbons (Fsp3) is 0.176. The van der Waals surface area contributed by atoms with E-state index in [0.29, 0.717) is 5.56 Å². The number of hydrogen-bond acceptors (Lipinski definition) is 4. The summed E-state index contributed by atoms with van der Waals surface area (Å²) >= 11 is 9.15. The number of anilines is 1. The van der Waals surface area contributed by atoms with Crippen LogP contribution in [0.25, 0.3) is 0 Å². The molecule has 9 heteroatoms. The van der Waals surface area contributed by atoms with E-state index < -0.39 is 10.8 Å². The molecule has 2 N–H and O–H groups in total. The van der Waals surface area contributed by atoms with Crippen molar-refractivity contribution in [1.82, 2.24) is 5.32 Å². The standard InChI is InChI=1S/C17H15BrClN3O4/c1-9(2)20-16(23)10-4-6-13(19)14(7-10)21-17(24)11-3-5-12(18)15(8-11)22(25)26/h3-9H,1-2H3,(H,20,23)(H,21,24). The first-order valence-electron chi connectivity index (χ1n) is 7.54. The molecular formula is C17H15BrClN3O4. The monoisotopic (exact) mass is 439 g/mol. The number of amides is 2. The fourth-order valence-electron chi connectivity index (χ4n) is 2.10. The Morgan fingerprint density at radius 1 is 1.12 bits per heavy atom. The van der Waals surface area contributed by atoms with Gasteiger partial charge in [-0.25, -0.2) is 0 Å². The maximum atomic E-state index is 12.4. The minimum atomic E-state index is -0.593. The maximum Gasteiger partial charge on any atom is 0.284 e. The minimum absolute atomic E-state index is 0.0421. The van der Waals surface area contributed by atoms with Gasteiger partial charge in [-0.3, -0.25) is 19.7 Å². The lowest BCUT2D eigenvalue weighted by Crippen LogP contribution is -2.30. The SMILES string of the molecule is CC(C)NC(=O)c1ccc(Cl)c(NC(=O)c2ccc(Br)c([N+](=O)[O-])c2)c1. The molecule has 0 aromatic heterocycles. The molecule has 2 amide bonds. The number of benzene rings is 2. The molecule has 2 aromatic rings. The van der Waals surface area contributed by atoms with E-state index in [2.05, 4.69) is 26.6 Å². The molecule has 2 aromatic carbocycles. The van der Waals surface area contributed by atoms with E-state index in [1.54, 1.807) is 6.07 Å². The maximum absolute atomic E-state index is 12.4. The summed E-state index contributed by atoms with van der Waals surface area (Å²) in [7, 11) is 0. The van der Waals surface area contributed by atoms with Gasteiger partial charge in [-0.15, -0.1) is 0 Å². The molecule has 0 bridgehead atoms. The molecule has 136 valence electrons. The zero-order valence-electron chi connectivity index (χ0n) is 13.9. The molecule has 0 aliphatic rings. The molecule has 0 unspecified atom stereocenters. The highest BCUT2D eigenvalue weighted by molar-refractivity contribution is 9.10. The van der Waals surface area contributed by atoms with Gasteiger partial charge < -0.3 is 10.6 Å². The van der Waals surface area contributed by atoms with Gasteiger partial charge in [0.2, 0.25) is 0 Å². The summed E-state index contributed by atoms with van der Waals surface area (Å²) in [5.41, 5.74) is 0.431. The van der Waals surface area contributed by atoms with Gasteiger partial charge in [-0.05, 0) is 60.1 Å². The molecule has 0 heterocycles. The summed E-state index contributed by atoms with van der Waals surface area (Å²) in [6, 6.07) is 8.46. The first kappa shape index (κ1) is 19.9. The lowest BCUT2D eigenvalue weighted by Gasteiger charge is -2.12. The lowest BCUT2D eigenvalue weighted by atomic mass is 10.1. The highest BCUT2D eigenvalue weighted by atomic mass is 79.9. The first-order chi connectivity index (χ1) is 12.2. The molecule has 0 fully saturated rings. The number of nitro groups is 1. The van der Waals surface area contributed by atoms with E-state index >= 15 is 0 Å². The highest BCUT2D eigenvalue weighted by Crippen LogP contribution is 2.27. The zero-order chi connectivity index (χ0) is 19.4. The second-order valence-corrected chi connectivity index (χ2v) is 6.96. The molecule has 0 saturated heterocycles. The van der Waals surface area contributed by atoms with Crippen LogP contribution in [-0.2, 0) is 0 Å². The quantitative estimate of drug-likeness (QED) is 0.531. The molecule has 26 heavy (non-hydrogen) atoms. The van der Waals surface area contributed by atoms with Crippen molar-refractivity contribution < 1.29 is 14.5 Å². The van der Waals surface area contributed by atoms with Crippen molar-refractivity contribution in [1.29, 1.82) is 0 Å². The molecule has 0 saturated carbocycles. The van der Waals surface area contributed by atoms with Gasteiger partial charge in [0.05, 0.1) is 20.1 Å². The van der Waals surface area contributed by atoms with Crippen molar-refractivity contribution in [2.75, 3.05) is 5.32 Å². The Bertz CT molecular complexity index is 886. The van der Waals surface area contributed by atoms with Crippen LogP contribution in [0.4, 0.5) is 11.4 Å². The smallest absolute Gasteiger partial charge is 0.284 e. The highest BCUT2D eigenvalue weighted by Gasteiger charge is 2.17. The molecule has 0 aliphatic carbocycles. The average Bonchev–Trinajstić information content (AvgIpc) is 2.56. The van der Waals surface area contributed by atoms with E-state index in [1.807, 2.05) is 13.8 Å². The number of rotatable bonds is 5. The van der Waals surface area contributed by atoms with E-state index in [0.717, 1.165) is 6.07 Å². The number of nitrogens with zero attached hydrogens (tertiary/aromatic N) is 1. The van der Waals surface area contributed by atoms with Crippen LogP contribution in [0.1, 0.15) is 34.6 Å². The summed E-state index contributed by atoms with van der Waals surface area (Å²) in [5, 5.41) is 16.6. The van der Waals surface area contributed by atoms with Crippen LogP contribution in [0.2, 0.25) is 5.02 Å². The number of nitrogens with one attached hydrogen (secondary N) is 2. The number of carbonyl (C=O) groups is 2. The summed E-state index contributed by atoms with van der Waals surface area (Å²) in [6.45, 7) is 3.66. The largest absolute Gasteiger partial charge is 0.350 e. The number of carbonyl (C=O) groups excluding carboxylic acids is 2. The molecule has 2 rings (SSSR count). The van der Waals surface area contributed by atoms with Crippen LogP contribution in [0.5, 0.6) is 0 Å². The van der Waals surface area contributed by atoms with Gasteiger partial charge in [0, 0.05) is 23.2 Å². The number of hydrogen-bond donors (Lipinski definition) is 2. The van der Waals surface area contributed by atoms with Crippen LogP contribution in [0.3, 0.4) is 0 Å². The van der Waals surface area contributed by atoms with Gasteiger partial charge in [0.25, 0.3) is 17.5 Å². The topological polar surface area (TPSA) is 101 Å². The predicted molar refractivity (Wildman–Crippen MR) is 103 cm³/mol. The van der Waals surface area contributed by atoms with Crippen LogP contribution >= 0.6 is 27.5 Å². The third-order valence-electron chi connectivity index (χ3n) is 3.30. The Hall–Kier alpha value is -2.45. The molecular weight excluding hydrogens is 426 g/mol. The Kier molecular flexibility index (Phi) is 6.33. The summed E-state index contributed by atoms with van der Waals surface area (Å²) in [6.07, 6.45) is 0. The molecule has 0 atom stereocenters. The van der Waals surface area contributed by atoms with E-state index in [4.69, 9.17) is 11.6 Å². The number of nitro benzene ring substituents is 1. The van der Waals surface area contributed by atoms with Gasteiger partial charge in [-0.2, -0.15) is 0 Å². The van der Waals surface area contributed by atoms with Crippen molar-refractivity contribution in [3.8, 4) is 0 Å². The summed E-state index contributed by atoms with van der Waals surface area (Å²) in [5.74, 6) is -0.879. The van der Waals surface area contributed by atoms with Crippen LogP contribution in [0.15, 0.2) is 40.9 Å². The first-order valence-corrected chi connectivity index (χ1v) is 8.72. The molecule has 0 aliphatic heterocycles. The summed E-state index contributed by atoms with van der Waals surface area (Å²) < 4.78 is 0.268. The minimum Gasteiger partial charge on any atom is -0.350 e. The van der Waals surface area contributed by atoms with Gasteiger partial charge >= 0.3 is 0 Å². The predicted octanol–water partition coefficient (Wildman–Crippen LogP) is 4.40. The second kappa shape index (κ2) is 8.29. The Morgan fingerprint density at radius 2 is 1.73 bits per heavy atom. The zero-order valence-corrected chi connectivity index (χ0v) is 16.2. The van der Waals surface area contributed by atoms with Gasteiger partial charge in [0.15, 0.2) is 0 Å². The Labute approximate surface area is 163 Å². The van der Waals surface area contributed by atoms with Crippen LogP contribution in [0, 0.1) is 10.1 Å². The van der Waals surface area contributed by atoms with Crippen molar-refractivity contribution in [2.45, 2.75) is 19.9 Å². The lowest BCUT2D eigenvalue weighted by molar-refractivity contribution is -0.385. The third kappa shape index (κ3) is 4.80. The van der Waals surface area contributed by atoms with Crippen molar-refractivity contribution in [2.24, 2.45) is 0 Å². The van der Waals surface area contributed by atoms with E-state index in [1.165, 1.54) is 24.3 Å². The van der Waals surface area contributed by atoms with Crippen molar-refractivity contribution in [3.05, 3.63) is 67.1 Å². The average molecular weight is 441 g/mol. The normalized spacial score (nSPS) is 10.5. The van der Waals surface area contributed by atoms with E-state index in [9.17, 15) is 19.7 Å².